The van der Waals surface area contributed by atoms with E-state index in [2.05, 4.69) is 28.5 Å². The molecule has 4 nitrogen and oxygen atoms in total. The molecular weight excluding hydrogens is 224 g/mol. The molecule has 1 heterocycles. The minimum atomic E-state index is 0.623. The van der Waals surface area contributed by atoms with Crippen LogP contribution in [-0.4, -0.2) is 21.5 Å². The van der Waals surface area contributed by atoms with Crippen LogP contribution in [0.5, 0.6) is 0 Å². The van der Waals surface area contributed by atoms with Gasteiger partial charge < -0.3 is 5.73 Å². The quantitative estimate of drug-likeness (QED) is 0.879. The third kappa shape index (κ3) is 2.29. The van der Waals surface area contributed by atoms with Crippen LogP contribution in [0, 0.1) is 0 Å². The van der Waals surface area contributed by atoms with E-state index in [4.69, 9.17) is 5.73 Å². The highest BCUT2D eigenvalue weighted by Gasteiger charge is 2.11. The first-order valence-corrected chi connectivity index (χ1v) is 6.55. The molecule has 0 saturated carbocycles. The highest BCUT2D eigenvalue weighted by atomic mass is 15.4. The van der Waals surface area contributed by atoms with Gasteiger partial charge in [-0.3, -0.25) is 0 Å². The minimum absolute atomic E-state index is 0.623. The van der Waals surface area contributed by atoms with Gasteiger partial charge in [-0.05, 0) is 42.5 Å². The zero-order valence-corrected chi connectivity index (χ0v) is 10.5. The van der Waals surface area contributed by atoms with E-state index in [0.717, 1.165) is 18.7 Å². The number of fused-ring (bicyclic) bond motifs is 1. The molecule has 1 aromatic carbocycles. The fraction of sp³-hybridized carbons (Fsp3) is 0.429. The molecule has 94 valence electrons. The van der Waals surface area contributed by atoms with E-state index >= 15 is 0 Å². The third-order valence-corrected chi connectivity index (χ3v) is 3.49. The van der Waals surface area contributed by atoms with Crippen molar-refractivity contribution in [1.29, 1.82) is 0 Å². The molecule has 3 rings (SSSR count). The molecule has 0 unspecified atom stereocenters. The summed E-state index contributed by atoms with van der Waals surface area (Å²) in [6, 6.07) is 6.77. The normalized spacial score (nSPS) is 13.8. The molecule has 0 radical (unpaired) electrons. The van der Waals surface area contributed by atoms with Crippen molar-refractivity contribution >= 4 is 0 Å². The number of hydrogen-bond donors (Lipinski definition) is 1. The van der Waals surface area contributed by atoms with Gasteiger partial charge in [0.15, 0.2) is 0 Å². The number of hydrogen-bond acceptors (Lipinski definition) is 3. The standard InChI is InChI=1S/C14H18N4/c15-7-6-14-10-18(17-16-14)9-11-4-5-12-2-1-3-13(12)8-11/h4-5,8,10H,1-3,6-7,9,15H2. The van der Waals surface area contributed by atoms with E-state index < -0.39 is 0 Å². The van der Waals surface area contributed by atoms with Crippen LogP contribution in [0.4, 0.5) is 0 Å². The number of benzene rings is 1. The molecule has 0 spiro atoms. The van der Waals surface area contributed by atoms with Gasteiger partial charge in [0.2, 0.25) is 0 Å². The van der Waals surface area contributed by atoms with Crippen molar-refractivity contribution in [1.82, 2.24) is 15.0 Å². The van der Waals surface area contributed by atoms with Crippen molar-refractivity contribution in [2.45, 2.75) is 32.2 Å². The molecule has 0 aliphatic heterocycles. The molecule has 2 N–H and O–H groups in total. The summed E-state index contributed by atoms with van der Waals surface area (Å²) in [7, 11) is 0. The Morgan fingerprint density at radius 3 is 3.00 bits per heavy atom. The molecular formula is C14H18N4. The Balaban J connectivity index is 1.75. The summed E-state index contributed by atoms with van der Waals surface area (Å²) in [5.74, 6) is 0. The Morgan fingerprint density at radius 1 is 1.22 bits per heavy atom. The second-order valence-electron chi connectivity index (χ2n) is 4.90. The van der Waals surface area contributed by atoms with Crippen molar-refractivity contribution < 1.29 is 0 Å². The highest BCUT2D eigenvalue weighted by molar-refractivity contribution is 5.35. The number of nitrogens with zero attached hydrogens (tertiary/aromatic N) is 3. The highest BCUT2D eigenvalue weighted by Crippen LogP contribution is 2.23. The van der Waals surface area contributed by atoms with Crippen molar-refractivity contribution in [2.24, 2.45) is 5.73 Å². The Hall–Kier alpha value is -1.68. The average molecular weight is 242 g/mol. The molecule has 0 saturated heterocycles. The van der Waals surface area contributed by atoms with Gasteiger partial charge in [-0.25, -0.2) is 4.68 Å². The predicted octanol–water partition coefficient (Wildman–Crippen LogP) is 1.32. The van der Waals surface area contributed by atoms with Gasteiger partial charge in [-0.2, -0.15) is 0 Å². The number of aryl methyl sites for hydroxylation is 2. The van der Waals surface area contributed by atoms with E-state index in [-0.39, 0.29) is 0 Å². The predicted molar refractivity (Wildman–Crippen MR) is 70.3 cm³/mol. The topological polar surface area (TPSA) is 56.7 Å². The first-order valence-electron chi connectivity index (χ1n) is 6.55. The average Bonchev–Trinajstić information content (AvgIpc) is 2.98. The lowest BCUT2D eigenvalue weighted by molar-refractivity contribution is 0.648. The van der Waals surface area contributed by atoms with Gasteiger partial charge >= 0.3 is 0 Å². The Morgan fingerprint density at radius 2 is 2.11 bits per heavy atom. The molecule has 0 amide bonds. The second-order valence-corrected chi connectivity index (χ2v) is 4.90. The molecule has 0 atom stereocenters. The van der Waals surface area contributed by atoms with Gasteiger partial charge in [0.05, 0.1) is 12.2 Å². The zero-order valence-electron chi connectivity index (χ0n) is 10.5. The van der Waals surface area contributed by atoms with Crippen molar-refractivity contribution in [3.63, 3.8) is 0 Å². The van der Waals surface area contributed by atoms with Gasteiger partial charge in [-0.15, -0.1) is 5.10 Å². The fourth-order valence-electron chi connectivity index (χ4n) is 2.59. The first-order chi connectivity index (χ1) is 8.85. The summed E-state index contributed by atoms with van der Waals surface area (Å²) in [6.07, 6.45) is 6.53. The Labute approximate surface area is 107 Å². The van der Waals surface area contributed by atoms with Gasteiger partial charge in [0.1, 0.15) is 0 Å². The largest absolute Gasteiger partial charge is 0.330 e. The van der Waals surface area contributed by atoms with E-state index in [1.165, 1.54) is 36.0 Å². The lowest BCUT2D eigenvalue weighted by atomic mass is 10.1. The Kier molecular flexibility index (Phi) is 3.11. The third-order valence-electron chi connectivity index (χ3n) is 3.49. The zero-order chi connectivity index (χ0) is 12.4. The van der Waals surface area contributed by atoms with Crippen LogP contribution >= 0.6 is 0 Å². The van der Waals surface area contributed by atoms with Crippen molar-refractivity contribution in [2.75, 3.05) is 6.54 Å². The summed E-state index contributed by atoms with van der Waals surface area (Å²) in [4.78, 5) is 0. The molecule has 2 aromatic rings. The number of aromatic nitrogens is 3. The molecule has 4 heteroatoms. The smallest absolute Gasteiger partial charge is 0.0839 e. The summed E-state index contributed by atoms with van der Waals surface area (Å²) >= 11 is 0. The lowest BCUT2D eigenvalue weighted by Crippen LogP contribution is -2.03. The van der Waals surface area contributed by atoms with E-state index in [9.17, 15) is 0 Å². The Bertz CT molecular complexity index is 544. The lowest BCUT2D eigenvalue weighted by Gasteiger charge is -2.04. The van der Waals surface area contributed by atoms with E-state index in [1.54, 1.807) is 0 Å². The second kappa shape index (κ2) is 4.90. The molecule has 0 bridgehead atoms. The summed E-state index contributed by atoms with van der Waals surface area (Å²) in [5, 5.41) is 8.24. The fourth-order valence-corrected chi connectivity index (χ4v) is 2.59. The monoisotopic (exact) mass is 242 g/mol. The maximum Gasteiger partial charge on any atom is 0.0839 e. The van der Waals surface area contributed by atoms with Gasteiger partial charge in [0, 0.05) is 12.6 Å². The van der Waals surface area contributed by atoms with Crippen LogP contribution in [0.1, 0.15) is 28.8 Å². The maximum absolute atomic E-state index is 5.51. The number of nitrogens with two attached hydrogens (primary N) is 1. The summed E-state index contributed by atoms with van der Waals surface area (Å²) < 4.78 is 1.89. The van der Waals surface area contributed by atoms with Crippen LogP contribution in [0.25, 0.3) is 0 Å². The molecule has 1 aliphatic carbocycles. The molecule has 18 heavy (non-hydrogen) atoms. The molecule has 1 aliphatic rings. The molecule has 0 fully saturated rings. The number of rotatable bonds is 4. The van der Waals surface area contributed by atoms with Crippen LogP contribution < -0.4 is 5.73 Å². The van der Waals surface area contributed by atoms with E-state index in [1.807, 2.05) is 10.9 Å². The maximum atomic E-state index is 5.51. The summed E-state index contributed by atoms with van der Waals surface area (Å²) in [6.45, 7) is 1.42. The van der Waals surface area contributed by atoms with Crippen LogP contribution in [0.15, 0.2) is 24.4 Å². The van der Waals surface area contributed by atoms with Gasteiger partial charge in [-0.1, -0.05) is 23.4 Å². The van der Waals surface area contributed by atoms with Crippen LogP contribution in [-0.2, 0) is 25.8 Å². The van der Waals surface area contributed by atoms with E-state index in [0.29, 0.717) is 6.54 Å². The minimum Gasteiger partial charge on any atom is -0.330 e. The van der Waals surface area contributed by atoms with Crippen molar-refractivity contribution in [3.05, 3.63) is 46.8 Å². The van der Waals surface area contributed by atoms with Crippen LogP contribution in [0.2, 0.25) is 0 Å². The summed E-state index contributed by atoms with van der Waals surface area (Å²) in [5.41, 5.74) is 10.8. The van der Waals surface area contributed by atoms with Crippen molar-refractivity contribution in [3.8, 4) is 0 Å². The molecule has 1 aromatic heterocycles. The first kappa shape index (κ1) is 11.4. The van der Waals surface area contributed by atoms with Gasteiger partial charge in [0.25, 0.3) is 0 Å². The SMILES string of the molecule is NCCc1cn(Cc2ccc3c(c2)CCC3)nn1. The van der Waals surface area contributed by atoms with Crippen LogP contribution in [0.3, 0.4) is 0 Å².